The molecule has 1 unspecified atom stereocenters. The molecule has 0 saturated heterocycles. The van der Waals surface area contributed by atoms with Crippen LogP contribution in [0.25, 0.3) is 0 Å². The van der Waals surface area contributed by atoms with Gasteiger partial charge in [0.05, 0.1) is 18.0 Å². The summed E-state index contributed by atoms with van der Waals surface area (Å²) in [7, 11) is 0. The fourth-order valence-corrected chi connectivity index (χ4v) is 1.52. The normalized spacial score (nSPS) is 14.3. The molecule has 1 amide bonds. The summed E-state index contributed by atoms with van der Waals surface area (Å²) in [6, 6.07) is 1.65. The Labute approximate surface area is 97.6 Å². The quantitative estimate of drug-likeness (QED) is 0.850. The van der Waals surface area contributed by atoms with Crippen molar-refractivity contribution < 1.29 is 4.79 Å². The van der Waals surface area contributed by atoms with Crippen molar-refractivity contribution in [3.63, 3.8) is 0 Å². The summed E-state index contributed by atoms with van der Waals surface area (Å²) >= 11 is 3.39. The van der Waals surface area contributed by atoms with Gasteiger partial charge in [-0.1, -0.05) is 22.9 Å². The lowest BCUT2D eigenvalue weighted by molar-refractivity contribution is 0.0913. The van der Waals surface area contributed by atoms with Crippen molar-refractivity contribution in [3.05, 3.63) is 24.0 Å². The van der Waals surface area contributed by atoms with Gasteiger partial charge in [0, 0.05) is 10.9 Å². The zero-order chi connectivity index (χ0) is 11.3. The average Bonchev–Trinajstić information content (AvgIpc) is 2.30. The van der Waals surface area contributed by atoms with E-state index in [1.807, 2.05) is 13.8 Å². The molecule has 0 fully saturated rings. The highest BCUT2D eigenvalue weighted by molar-refractivity contribution is 9.09. The summed E-state index contributed by atoms with van der Waals surface area (Å²) in [5.74, 6) is -0.117. The smallest absolute Gasteiger partial charge is 0.253 e. The molecule has 1 heterocycles. The van der Waals surface area contributed by atoms with Crippen molar-refractivity contribution in [2.45, 2.75) is 25.8 Å². The first kappa shape index (κ1) is 12.1. The van der Waals surface area contributed by atoms with Gasteiger partial charge in [-0.25, -0.2) is 0 Å². The highest BCUT2D eigenvalue weighted by Gasteiger charge is 2.23. The minimum atomic E-state index is -0.222. The van der Waals surface area contributed by atoms with E-state index < -0.39 is 0 Å². The zero-order valence-corrected chi connectivity index (χ0v) is 10.4. The van der Waals surface area contributed by atoms with Crippen molar-refractivity contribution in [3.8, 4) is 0 Å². The second-order valence-electron chi connectivity index (χ2n) is 3.63. The molecule has 4 nitrogen and oxygen atoms in total. The number of rotatable bonds is 4. The number of halogens is 1. The predicted molar refractivity (Wildman–Crippen MR) is 62.0 cm³/mol. The number of aromatic nitrogens is 2. The van der Waals surface area contributed by atoms with Crippen LogP contribution in [0.4, 0.5) is 0 Å². The SMILES string of the molecule is CCC(C)(CBr)NC(=O)c1ccnnc1. The molecule has 0 aliphatic heterocycles. The maximum absolute atomic E-state index is 11.8. The van der Waals surface area contributed by atoms with E-state index in [4.69, 9.17) is 0 Å². The van der Waals surface area contributed by atoms with Crippen molar-refractivity contribution in [2.75, 3.05) is 5.33 Å². The van der Waals surface area contributed by atoms with E-state index in [0.29, 0.717) is 5.56 Å². The number of nitrogens with one attached hydrogen (secondary N) is 1. The molecule has 1 atom stereocenters. The van der Waals surface area contributed by atoms with Crippen LogP contribution in [0.1, 0.15) is 30.6 Å². The monoisotopic (exact) mass is 271 g/mol. The van der Waals surface area contributed by atoms with E-state index in [2.05, 4.69) is 31.4 Å². The largest absolute Gasteiger partial charge is 0.346 e. The Balaban J connectivity index is 2.72. The molecule has 0 radical (unpaired) electrons. The number of carbonyl (C=O) groups excluding carboxylic acids is 1. The summed E-state index contributed by atoms with van der Waals surface area (Å²) in [4.78, 5) is 11.8. The van der Waals surface area contributed by atoms with Crippen LogP contribution in [0, 0.1) is 0 Å². The lowest BCUT2D eigenvalue weighted by atomic mass is 10.0. The number of alkyl halides is 1. The molecule has 1 N–H and O–H groups in total. The third-order valence-corrected chi connectivity index (χ3v) is 3.57. The van der Waals surface area contributed by atoms with Gasteiger partial charge in [-0.3, -0.25) is 4.79 Å². The number of nitrogens with zero attached hydrogens (tertiary/aromatic N) is 2. The number of hydrogen-bond acceptors (Lipinski definition) is 3. The summed E-state index contributed by atoms with van der Waals surface area (Å²) < 4.78 is 0. The van der Waals surface area contributed by atoms with Crippen LogP contribution in [0.15, 0.2) is 18.5 Å². The minimum Gasteiger partial charge on any atom is -0.346 e. The lowest BCUT2D eigenvalue weighted by Crippen LogP contribution is -2.46. The van der Waals surface area contributed by atoms with Gasteiger partial charge < -0.3 is 5.32 Å². The average molecular weight is 272 g/mol. The molecule has 0 aliphatic rings. The third kappa shape index (κ3) is 3.27. The molecule has 0 saturated carbocycles. The van der Waals surface area contributed by atoms with E-state index in [9.17, 15) is 4.79 Å². The van der Waals surface area contributed by atoms with Crippen LogP contribution in [0.3, 0.4) is 0 Å². The van der Waals surface area contributed by atoms with Gasteiger partial charge in [0.15, 0.2) is 0 Å². The first-order valence-corrected chi connectivity index (χ1v) is 5.88. The van der Waals surface area contributed by atoms with E-state index in [0.717, 1.165) is 11.8 Å². The van der Waals surface area contributed by atoms with Gasteiger partial charge in [0.1, 0.15) is 0 Å². The van der Waals surface area contributed by atoms with Gasteiger partial charge in [0.2, 0.25) is 0 Å². The maximum Gasteiger partial charge on any atom is 0.253 e. The molecule has 0 aromatic carbocycles. The van der Waals surface area contributed by atoms with E-state index in [-0.39, 0.29) is 11.4 Å². The van der Waals surface area contributed by atoms with Crippen LogP contribution in [-0.4, -0.2) is 27.0 Å². The van der Waals surface area contributed by atoms with Gasteiger partial charge >= 0.3 is 0 Å². The Morgan fingerprint density at radius 1 is 1.60 bits per heavy atom. The molecule has 1 rings (SSSR count). The predicted octanol–water partition coefficient (Wildman–Crippen LogP) is 1.77. The Kier molecular flexibility index (Phi) is 4.20. The van der Waals surface area contributed by atoms with Gasteiger partial charge in [0.25, 0.3) is 5.91 Å². The van der Waals surface area contributed by atoms with E-state index in [1.165, 1.54) is 12.4 Å². The summed E-state index contributed by atoms with van der Waals surface area (Å²) in [5.41, 5.74) is 0.311. The topological polar surface area (TPSA) is 54.9 Å². The lowest BCUT2D eigenvalue weighted by Gasteiger charge is -2.27. The fraction of sp³-hybridized carbons (Fsp3) is 0.500. The first-order valence-electron chi connectivity index (χ1n) is 4.76. The molecule has 0 spiro atoms. The Morgan fingerprint density at radius 2 is 2.33 bits per heavy atom. The molecule has 15 heavy (non-hydrogen) atoms. The van der Waals surface area contributed by atoms with Crippen molar-refractivity contribution in [1.29, 1.82) is 0 Å². The Bertz CT molecular complexity index is 325. The van der Waals surface area contributed by atoms with E-state index in [1.54, 1.807) is 6.07 Å². The number of amides is 1. The van der Waals surface area contributed by atoms with Gasteiger partial charge in [-0.2, -0.15) is 10.2 Å². The molecule has 82 valence electrons. The van der Waals surface area contributed by atoms with Crippen molar-refractivity contribution in [1.82, 2.24) is 15.5 Å². The second-order valence-corrected chi connectivity index (χ2v) is 4.19. The molecule has 1 aromatic rings. The Morgan fingerprint density at radius 3 is 2.80 bits per heavy atom. The first-order chi connectivity index (χ1) is 7.11. The van der Waals surface area contributed by atoms with E-state index >= 15 is 0 Å². The number of carbonyl (C=O) groups is 1. The van der Waals surface area contributed by atoms with Crippen molar-refractivity contribution >= 4 is 21.8 Å². The fourth-order valence-electron chi connectivity index (χ4n) is 0.988. The summed E-state index contributed by atoms with van der Waals surface area (Å²) in [6.45, 7) is 4.03. The van der Waals surface area contributed by atoms with Crippen LogP contribution in [-0.2, 0) is 0 Å². The molecule has 0 bridgehead atoms. The number of hydrogen-bond donors (Lipinski definition) is 1. The van der Waals surface area contributed by atoms with Crippen LogP contribution in [0.2, 0.25) is 0 Å². The zero-order valence-electron chi connectivity index (χ0n) is 8.83. The second kappa shape index (κ2) is 5.21. The molecule has 1 aromatic heterocycles. The van der Waals surface area contributed by atoms with Gasteiger partial charge in [-0.05, 0) is 19.4 Å². The van der Waals surface area contributed by atoms with Crippen molar-refractivity contribution in [2.24, 2.45) is 0 Å². The van der Waals surface area contributed by atoms with Crippen LogP contribution < -0.4 is 5.32 Å². The molecular weight excluding hydrogens is 258 g/mol. The third-order valence-electron chi connectivity index (χ3n) is 2.34. The molecule has 5 heteroatoms. The highest BCUT2D eigenvalue weighted by atomic mass is 79.9. The molecule has 0 aliphatic carbocycles. The summed E-state index contributed by atoms with van der Waals surface area (Å²) in [6.07, 6.45) is 3.83. The standard InChI is InChI=1S/C10H14BrN3O/c1-3-10(2,7-11)14-9(15)8-4-5-12-13-6-8/h4-6H,3,7H2,1-2H3,(H,14,15). The highest BCUT2D eigenvalue weighted by Crippen LogP contribution is 2.13. The van der Waals surface area contributed by atoms with Crippen LogP contribution in [0.5, 0.6) is 0 Å². The summed E-state index contributed by atoms with van der Waals surface area (Å²) in [5, 5.41) is 11.0. The van der Waals surface area contributed by atoms with Gasteiger partial charge in [-0.15, -0.1) is 0 Å². The Hall–Kier alpha value is -0.970. The van der Waals surface area contributed by atoms with Crippen LogP contribution >= 0.6 is 15.9 Å². The molecular formula is C10H14BrN3O. The maximum atomic E-state index is 11.8. The minimum absolute atomic E-state index is 0.117.